The lowest BCUT2D eigenvalue weighted by atomic mass is 10.2. The van der Waals surface area contributed by atoms with Crippen molar-refractivity contribution >= 4 is 11.5 Å². The topological polar surface area (TPSA) is 77.3 Å². The fourth-order valence-corrected chi connectivity index (χ4v) is 1.23. The van der Waals surface area contributed by atoms with Gasteiger partial charge >= 0.3 is 5.69 Å². The zero-order chi connectivity index (χ0) is 12.1. The summed E-state index contributed by atoms with van der Waals surface area (Å²) in [5.41, 5.74) is 0.610. The number of nitrogens with one attached hydrogen (secondary N) is 1. The molecule has 88 valence electrons. The molecule has 1 heterocycles. The second kappa shape index (κ2) is 5.41. The molecule has 1 aromatic rings. The Morgan fingerprint density at radius 3 is 2.94 bits per heavy atom. The fourth-order valence-electron chi connectivity index (χ4n) is 1.23. The van der Waals surface area contributed by atoms with E-state index in [1.54, 1.807) is 26.3 Å². The number of nitro groups is 1. The van der Waals surface area contributed by atoms with Gasteiger partial charge in [0.1, 0.15) is 0 Å². The molecule has 6 nitrogen and oxygen atoms in total. The van der Waals surface area contributed by atoms with E-state index in [4.69, 9.17) is 4.74 Å². The first-order valence-corrected chi connectivity index (χ1v) is 4.93. The summed E-state index contributed by atoms with van der Waals surface area (Å²) >= 11 is 0. The van der Waals surface area contributed by atoms with Gasteiger partial charge in [0.25, 0.3) is 0 Å². The van der Waals surface area contributed by atoms with Crippen molar-refractivity contribution in [1.82, 2.24) is 4.98 Å². The summed E-state index contributed by atoms with van der Waals surface area (Å²) in [6.45, 7) is 4.03. The molecule has 0 bridgehead atoms. The van der Waals surface area contributed by atoms with E-state index in [1.165, 1.54) is 0 Å². The average Bonchev–Trinajstić information content (AvgIpc) is 2.25. The normalized spacial score (nSPS) is 12.2. The van der Waals surface area contributed by atoms with Gasteiger partial charge in [-0.3, -0.25) is 10.1 Å². The van der Waals surface area contributed by atoms with Crippen LogP contribution in [0.4, 0.5) is 11.5 Å². The van der Waals surface area contributed by atoms with E-state index < -0.39 is 4.92 Å². The number of methoxy groups -OCH3 is 1. The quantitative estimate of drug-likeness (QED) is 0.610. The molecule has 1 N–H and O–H groups in total. The molecule has 0 spiro atoms. The van der Waals surface area contributed by atoms with Gasteiger partial charge in [0.05, 0.1) is 11.0 Å². The third-order valence-corrected chi connectivity index (χ3v) is 2.27. The number of rotatable bonds is 5. The van der Waals surface area contributed by atoms with Gasteiger partial charge in [0, 0.05) is 25.4 Å². The third-order valence-electron chi connectivity index (χ3n) is 2.27. The Bertz CT molecular complexity index is 382. The van der Waals surface area contributed by atoms with Crippen molar-refractivity contribution in [3.8, 4) is 0 Å². The van der Waals surface area contributed by atoms with E-state index in [9.17, 15) is 10.1 Å². The number of anilines is 1. The molecule has 16 heavy (non-hydrogen) atoms. The van der Waals surface area contributed by atoms with E-state index in [0.717, 1.165) is 0 Å². The molecule has 6 heteroatoms. The van der Waals surface area contributed by atoms with Gasteiger partial charge in [0.2, 0.25) is 5.82 Å². The molecule has 1 rings (SSSR count). The van der Waals surface area contributed by atoms with Gasteiger partial charge in [-0.15, -0.1) is 0 Å². The summed E-state index contributed by atoms with van der Waals surface area (Å²) < 4.78 is 5.04. The number of hydrogen-bond donors (Lipinski definition) is 1. The third kappa shape index (κ3) is 2.90. The molecule has 0 aliphatic heterocycles. The highest BCUT2D eigenvalue weighted by Gasteiger charge is 2.18. The van der Waals surface area contributed by atoms with Crippen LogP contribution in [0.1, 0.15) is 12.5 Å². The Hall–Kier alpha value is -1.69. The van der Waals surface area contributed by atoms with Crippen molar-refractivity contribution in [3.05, 3.63) is 27.9 Å². The lowest BCUT2D eigenvalue weighted by Crippen LogP contribution is -2.19. The zero-order valence-corrected chi connectivity index (χ0v) is 9.56. The van der Waals surface area contributed by atoms with E-state index in [0.29, 0.717) is 12.1 Å². The molecule has 0 aliphatic rings. The highest BCUT2D eigenvalue weighted by molar-refractivity contribution is 5.59. The van der Waals surface area contributed by atoms with Crippen molar-refractivity contribution < 1.29 is 9.66 Å². The molecule has 0 amide bonds. The maximum atomic E-state index is 10.9. The predicted octanol–water partition coefficient (Wildman–Crippen LogP) is 1.75. The van der Waals surface area contributed by atoms with Crippen LogP contribution in [0.15, 0.2) is 12.3 Å². The number of ether oxygens (including phenoxy) is 1. The van der Waals surface area contributed by atoms with E-state index >= 15 is 0 Å². The van der Waals surface area contributed by atoms with Crippen LogP contribution in [0, 0.1) is 17.0 Å². The minimum Gasteiger partial charge on any atom is -0.380 e. The summed E-state index contributed by atoms with van der Waals surface area (Å²) in [5.74, 6) is 0.286. The lowest BCUT2D eigenvalue weighted by Gasteiger charge is -2.11. The second-order valence-electron chi connectivity index (χ2n) is 3.51. The number of aromatic nitrogens is 1. The predicted molar refractivity (Wildman–Crippen MR) is 60.6 cm³/mol. The summed E-state index contributed by atoms with van der Waals surface area (Å²) in [5, 5.41) is 13.8. The van der Waals surface area contributed by atoms with E-state index in [1.807, 2.05) is 6.92 Å². The molecule has 0 saturated carbocycles. The number of nitrogens with zero attached hydrogens (tertiary/aromatic N) is 2. The molecule has 0 fully saturated rings. The van der Waals surface area contributed by atoms with Crippen molar-refractivity contribution in [1.29, 1.82) is 0 Å². The Balaban J connectivity index is 2.87. The minimum absolute atomic E-state index is 0.0193. The molecule has 0 radical (unpaired) electrons. The molecule has 0 aliphatic carbocycles. The van der Waals surface area contributed by atoms with Crippen LogP contribution < -0.4 is 5.32 Å². The lowest BCUT2D eigenvalue weighted by molar-refractivity contribution is -0.384. The Morgan fingerprint density at radius 2 is 2.38 bits per heavy atom. The van der Waals surface area contributed by atoms with Crippen molar-refractivity contribution in [3.63, 3.8) is 0 Å². The van der Waals surface area contributed by atoms with Crippen LogP contribution in [0.2, 0.25) is 0 Å². The SMILES string of the molecule is COC(C)CNc1nccc(C)c1[N+](=O)[O-]. The number of aryl methyl sites for hydroxylation is 1. The summed E-state index contributed by atoms with van der Waals surface area (Å²) in [4.78, 5) is 14.4. The average molecular weight is 225 g/mol. The first-order chi connectivity index (χ1) is 7.56. The second-order valence-corrected chi connectivity index (χ2v) is 3.51. The first kappa shape index (κ1) is 12.4. The van der Waals surface area contributed by atoms with Gasteiger partial charge in [-0.2, -0.15) is 0 Å². The zero-order valence-electron chi connectivity index (χ0n) is 9.56. The molecular formula is C10H15N3O3. The van der Waals surface area contributed by atoms with E-state index in [-0.39, 0.29) is 17.6 Å². The first-order valence-electron chi connectivity index (χ1n) is 4.93. The summed E-state index contributed by atoms with van der Waals surface area (Å²) in [6, 6.07) is 1.61. The van der Waals surface area contributed by atoms with Crippen LogP contribution in [-0.4, -0.2) is 29.7 Å². The Kier molecular flexibility index (Phi) is 4.19. The van der Waals surface area contributed by atoms with Gasteiger partial charge in [-0.25, -0.2) is 4.98 Å². The fraction of sp³-hybridized carbons (Fsp3) is 0.500. The standard InChI is InChI=1S/C10H15N3O3/c1-7-4-5-11-10(9(7)13(14)15)12-6-8(2)16-3/h4-5,8H,6H2,1-3H3,(H,11,12). The van der Waals surface area contributed by atoms with Crippen molar-refractivity contribution in [2.24, 2.45) is 0 Å². The molecular weight excluding hydrogens is 210 g/mol. The Labute approximate surface area is 93.8 Å². The maximum absolute atomic E-state index is 10.9. The van der Waals surface area contributed by atoms with Crippen molar-refractivity contribution in [2.45, 2.75) is 20.0 Å². The van der Waals surface area contributed by atoms with Gasteiger partial charge in [0.15, 0.2) is 0 Å². The van der Waals surface area contributed by atoms with Crippen LogP contribution in [0.3, 0.4) is 0 Å². The largest absolute Gasteiger partial charge is 0.380 e. The van der Waals surface area contributed by atoms with Crippen LogP contribution >= 0.6 is 0 Å². The van der Waals surface area contributed by atoms with Crippen LogP contribution in [0.5, 0.6) is 0 Å². The monoisotopic (exact) mass is 225 g/mol. The van der Waals surface area contributed by atoms with Crippen LogP contribution in [-0.2, 0) is 4.74 Å². The number of pyridine rings is 1. The molecule has 0 saturated heterocycles. The molecule has 0 aromatic carbocycles. The Morgan fingerprint density at radius 1 is 1.69 bits per heavy atom. The maximum Gasteiger partial charge on any atom is 0.314 e. The van der Waals surface area contributed by atoms with Gasteiger partial charge in [-0.05, 0) is 19.9 Å². The van der Waals surface area contributed by atoms with Crippen LogP contribution in [0.25, 0.3) is 0 Å². The molecule has 1 atom stereocenters. The van der Waals surface area contributed by atoms with Gasteiger partial charge < -0.3 is 10.1 Å². The molecule has 1 unspecified atom stereocenters. The van der Waals surface area contributed by atoms with Gasteiger partial charge in [-0.1, -0.05) is 0 Å². The van der Waals surface area contributed by atoms with Crippen molar-refractivity contribution in [2.75, 3.05) is 19.0 Å². The number of hydrogen-bond acceptors (Lipinski definition) is 5. The molecule has 1 aromatic heterocycles. The smallest absolute Gasteiger partial charge is 0.314 e. The highest BCUT2D eigenvalue weighted by Crippen LogP contribution is 2.25. The van der Waals surface area contributed by atoms with E-state index in [2.05, 4.69) is 10.3 Å². The summed E-state index contributed by atoms with van der Waals surface area (Å²) in [6.07, 6.45) is 1.52. The highest BCUT2D eigenvalue weighted by atomic mass is 16.6. The summed E-state index contributed by atoms with van der Waals surface area (Å²) in [7, 11) is 1.59. The minimum atomic E-state index is -0.428.